The fourth-order valence-electron chi connectivity index (χ4n) is 2.88. The Morgan fingerprint density at radius 1 is 1.29 bits per heavy atom. The Morgan fingerprint density at radius 3 is 2.55 bits per heavy atom. The van der Waals surface area contributed by atoms with Gasteiger partial charge < -0.3 is 25.0 Å². The molecule has 0 aliphatic carbocycles. The zero-order chi connectivity index (χ0) is 22.0. The van der Waals surface area contributed by atoms with Crippen molar-refractivity contribution < 1.29 is 27.4 Å². The van der Waals surface area contributed by atoms with Gasteiger partial charge in [-0.2, -0.15) is 13.2 Å². The van der Waals surface area contributed by atoms with Crippen LogP contribution in [0.5, 0.6) is 5.88 Å². The highest BCUT2D eigenvalue weighted by molar-refractivity contribution is 14.0. The van der Waals surface area contributed by atoms with Gasteiger partial charge in [0.15, 0.2) is 5.96 Å². The zero-order valence-electron chi connectivity index (χ0n) is 17.6. The summed E-state index contributed by atoms with van der Waals surface area (Å²) < 4.78 is 48.0. The van der Waals surface area contributed by atoms with Crippen molar-refractivity contribution in [1.29, 1.82) is 0 Å². The highest BCUT2D eigenvalue weighted by Gasteiger charge is 2.30. The van der Waals surface area contributed by atoms with Gasteiger partial charge in [-0.25, -0.2) is 14.8 Å². The number of likely N-dealkylation sites (tertiary alicyclic amines) is 1. The van der Waals surface area contributed by atoms with E-state index >= 15 is 0 Å². The molecule has 1 aromatic heterocycles. The third-order valence-corrected chi connectivity index (χ3v) is 4.38. The van der Waals surface area contributed by atoms with E-state index in [1.54, 1.807) is 11.8 Å². The number of amides is 1. The second-order valence-electron chi connectivity index (χ2n) is 6.60. The molecule has 1 amide bonds. The number of hydrogen-bond acceptors (Lipinski definition) is 5. The van der Waals surface area contributed by atoms with Gasteiger partial charge in [-0.3, -0.25) is 0 Å². The summed E-state index contributed by atoms with van der Waals surface area (Å²) in [5.74, 6) is 0.735. The number of pyridine rings is 1. The number of aliphatic imine (C=N–C) groups is 1. The van der Waals surface area contributed by atoms with E-state index in [4.69, 9.17) is 9.47 Å². The van der Waals surface area contributed by atoms with Gasteiger partial charge in [-0.15, -0.1) is 24.0 Å². The summed E-state index contributed by atoms with van der Waals surface area (Å²) in [6, 6.07) is 2.29. The summed E-state index contributed by atoms with van der Waals surface area (Å²) in [6.07, 6.45) is -2.42. The van der Waals surface area contributed by atoms with E-state index in [9.17, 15) is 18.0 Å². The average Bonchev–Trinajstić information content (AvgIpc) is 2.71. The summed E-state index contributed by atoms with van der Waals surface area (Å²) in [5.41, 5.74) is -0.819. The minimum absolute atomic E-state index is 0. The molecule has 2 N–H and O–H groups in total. The number of nitrogens with one attached hydrogen (secondary N) is 2. The molecule has 2 rings (SSSR count). The van der Waals surface area contributed by atoms with Gasteiger partial charge >= 0.3 is 12.3 Å². The highest BCUT2D eigenvalue weighted by atomic mass is 127. The number of carbonyl (C=O) groups excluding carboxylic acids is 1. The SMILES string of the molecule is CCNC(=NCCOc1ccc(C(F)(F)F)cn1)NC1CCN(C(=O)OCC)CC1.I. The van der Waals surface area contributed by atoms with E-state index in [1.807, 2.05) is 6.92 Å². The minimum atomic E-state index is -4.42. The Hall–Kier alpha value is -1.99. The van der Waals surface area contributed by atoms with Crippen LogP contribution in [0.25, 0.3) is 0 Å². The van der Waals surface area contributed by atoms with Gasteiger partial charge in [-0.05, 0) is 32.8 Å². The van der Waals surface area contributed by atoms with Crippen LogP contribution in [0.2, 0.25) is 0 Å². The number of ether oxygens (including phenoxy) is 2. The predicted molar refractivity (Wildman–Crippen MR) is 121 cm³/mol. The maximum absolute atomic E-state index is 12.5. The highest BCUT2D eigenvalue weighted by Crippen LogP contribution is 2.29. The van der Waals surface area contributed by atoms with E-state index in [0.29, 0.717) is 38.7 Å². The van der Waals surface area contributed by atoms with Gasteiger partial charge in [0.05, 0.1) is 18.7 Å². The molecule has 176 valence electrons. The number of halogens is 4. The first-order chi connectivity index (χ1) is 14.3. The maximum Gasteiger partial charge on any atom is 0.417 e. The van der Waals surface area contributed by atoms with Crippen molar-refractivity contribution in [3.8, 4) is 5.88 Å². The zero-order valence-corrected chi connectivity index (χ0v) is 19.9. The molecule has 0 atom stereocenters. The van der Waals surface area contributed by atoms with Gasteiger partial charge in [0.25, 0.3) is 0 Å². The Bertz CT molecular complexity index is 696. The van der Waals surface area contributed by atoms with E-state index in [-0.39, 0.29) is 48.6 Å². The minimum Gasteiger partial charge on any atom is -0.476 e. The van der Waals surface area contributed by atoms with Crippen LogP contribution >= 0.6 is 24.0 Å². The van der Waals surface area contributed by atoms with Gasteiger partial charge in [0.2, 0.25) is 5.88 Å². The number of piperidine rings is 1. The van der Waals surface area contributed by atoms with Crippen LogP contribution in [0.1, 0.15) is 32.3 Å². The lowest BCUT2D eigenvalue weighted by Crippen LogP contribution is -2.50. The van der Waals surface area contributed by atoms with Crippen molar-refractivity contribution in [3.63, 3.8) is 0 Å². The van der Waals surface area contributed by atoms with Crippen molar-refractivity contribution in [3.05, 3.63) is 23.9 Å². The quantitative estimate of drug-likeness (QED) is 0.231. The number of guanidine groups is 1. The summed E-state index contributed by atoms with van der Waals surface area (Å²) in [6.45, 7) is 6.46. The Morgan fingerprint density at radius 2 is 2.00 bits per heavy atom. The van der Waals surface area contributed by atoms with Gasteiger partial charge in [0, 0.05) is 37.9 Å². The molecule has 1 aromatic rings. The number of alkyl halides is 3. The Labute approximate surface area is 197 Å². The van der Waals surface area contributed by atoms with Crippen LogP contribution in [-0.2, 0) is 10.9 Å². The van der Waals surface area contributed by atoms with Crippen LogP contribution in [0.4, 0.5) is 18.0 Å². The average molecular weight is 559 g/mol. The first-order valence-corrected chi connectivity index (χ1v) is 9.96. The third kappa shape index (κ3) is 9.35. The smallest absolute Gasteiger partial charge is 0.417 e. The lowest BCUT2D eigenvalue weighted by molar-refractivity contribution is -0.137. The molecule has 0 spiro atoms. The molecule has 1 fully saturated rings. The fourth-order valence-corrected chi connectivity index (χ4v) is 2.88. The molecule has 8 nitrogen and oxygen atoms in total. The Kier molecular flexibility index (Phi) is 11.7. The topological polar surface area (TPSA) is 88.1 Å². The summed E-state index contributed by atoms with van der Waals surface area (Å²) in [7, 11) is 0. The molecular formula is C19H29F3IN5O3. The third-order valence-electron chi connectivity index (χ3n) is 4.38. The molecule has 1 aliphatic rings. The summed E-state index contributed by atoms with van der Waals surface area (Å²) in [4.78, 5) is 21.5. The standard InChI is InChI=1S/C19H28F3N5O3.HI/c1-3-23-17(26-15-7-10-27(11-8-15)18(28)29-4-2)24-9-12-30-16-6-5-14(13-25-16)19(20,21)22;/h5-6,13,15H,3-4,7-12H2,1-2H3,(H2,23,24,26);1H. The van der Waals surface area contributed by atoms with Crippen molar-refractivity contribution in [2.24, 2.45) is 4.99 Å². The first-order valence-electron chi connectivity index (χ1n) is 9.96. The fraction of sp³-hybridized carbons (Fsp3) is 0.632. The summed E-state index contributed by atoms with van der Waals surface area (Å²) >= 11 is 0. The van der Waals surface area contributed by atoms with Gasteiger partial charge in [-0.1, -0.05) is 0 Å². The van der Waals surface area contributed by atoms with E-state index in [1.165, 1.54) is 6.07 Å². The second kappa shape index (κ2) is 13.4. The molecule has 0 saturated carbocycles. The van der Waals surface area contributed by atoms with Crippen LogP contribution < -0.4 is 15.4 Å². The lowest BCUT2D eigenvalue weighted by Gasteiger charge is -2.32. The van der Waals surface area contributed by atoms with E-state index in [2.05, 4.69) is 20.6 Å². The van der Waals surface area contributed by atoms with Crippen LogP contribution in [0.3, 0.4) is 0 Å². The molecule has 31 heavy (non-hydrogen) atoms. The largest absolute Gasteiger partial charge is 0.476 e. The van der Waals surface area contributed by atoms with E-state index in [0.717, 1.165) is 25.1 Å². The van der Waals surface area contributed by atoms with Crippen LogP contribution in [0, 0.1) is 0 Å². The molecule has 0 radical (unpaired) electrons. The van der Waals surface area contributed by atoms with Crippen molar-refractivity contribution >= 4 is 36.0 Å². The van der Waals surface area contributed by atoms with Gasteiger partial charge in [0.1, 0.15) is 6.61 Å². The number of nitrogens with zero attached hydrogens (tertiary/aromatic N) is 3. The van der Waals surface area contributed by atoms with Crippen LogP contribution in [0.15, 0.2) is 23.3 Å². The number of aromatic nitrogens is 1. The van der Waals surface area contributed by atoms with E-state index < -0.39 is 11.7 Å². The molecule has 12 heteroatoms. The van der Waals surface area contributed by atoms with Crippen molar-refractivity contribution in [1.82, 2.24) is 20.5 Å². The molecular weight excluding hydrogens is 530 g/mol. The Balaban J connectivity index is 0.00000480. The number of rotatable bonds is 7. The second-order valence-corrected chi connectivity index (χ2v) is 6.60. The number of carbonyl (C=O) groups is 1. The predicted octanol–water partition coefficient (Wildman–Crippen LogP) is 3.27. The lowest BCUT2D eigenvalue weighted by atomic mass is 10.1. The molecule has 0 bridgehead atoms. The molecule has 0 unspecified atom stereocenters. The summed E-state index contributed by atoms with van der Waals surface area (Å²) in [5, 5.41) is 6.48. The molecule has 1 aliphatic heterocycles. The van der Waals surface area contributed by atoms with Crippen molar-refractivity contribution in [2.75, 3.05) is 39.4 Å². The molecule has 2 heterocycles. The molecule has 1 saturated heterocycles. The van der Waals surface area contributed by atoms with Crippen LogP contribution in [-0.4, -0.2) is 67.4 Å². The normalized spacial score (nSPS) is 15.1. The monoisotopic (exact) mass is 559 g/mol. The maximum atomic E-state index is 12.5. The number of hydrogen-bond donors (Lipinski definition) is 2. The first kappa shape index (κ1) is 27.0. The molecule has 0 aromatic carbocycles. The van der Waals surface area contributed by atoms with Crippen molar-refractivity contribution in [2.45, 2.75) is 38.9 Å².